The molecule has 0 unspecified atom stereocenters. The van der Waals surface area contributed by atoms with Crippen LogP contribution in [0.1, 0.15) is 6.92 Å². The molecule has 0 bridgehead atoms. The van der Waals surface area contributed by atoms with Crippen molar-refractivity contribution in [1.82, 2.24) is 0 Å². The quantitative estimate of drug-likeness (QED) is 0.699. The Labute approximate surface area is 105 Å². The molecule has 0 aromatic heterocycles. The SMILES string of the molecule is CCNc1cccc2c1Nc1ccccc1S2. The maximum Gasteiger partial charge on any atom is 0.0761 e. The van der Waals surface area contributed by atoms with Gasteiger partial charge in [-0.15, -0.1) is 0 Å². The number of anilines is 3. The summed E-state index contributed by atoms with van der Waals surface area (Å²) < 4.78 is 0. The van der Waals surface area contributed by atoms with Crippen LogP contribution in [0.4, 0.5) is 17.1 Å². The molecule has 3 rings (SSSR count). The zero-order chi connectivity index (χ0) is 11.7. The molecule has 86 valence electrons. The molecule has 0 spiro atoms. The van der Waals surface area contributed by atoms with E-state index in [1.807, 2.05) is 11.8 Å². The summed E-state index contributed by atoms with van der Waals surface area (Å²) in [6.45, 7) is 3.05. The molecule has 1 aliphatic heterocycles. The van der Waals surface area contributed by atoms with E-state index in [1.54, 1.807) is 0 Å². The number of rotatable bonds is 2. The van der Waals surface area contributed by atoms with Crippen molar-refractivity contribution in [3.05, 3.63) is 42.5 Å². The van der Waals surface area contributed by atoms with Crippen molar-refractivity contribution in [2.75, 3.05) is 17.2 Å². The molecule has 0 amide bonds. The minimum absolute atomic E-state index is 0.935. The average Bonchev–Trinajstić information content (AvgIpc) is 2.37. The molecule has 0 saturated carbocycles. The van der Waals surface area contributed by atoms with Crippen LogP contribution < -0.4 is 10.6 Å². The maximum absolute atomic E-state index is 3.51. The third kappa shape index (κ3) is 1.87. The third-order valence-corrected chi connectivity index (χ3v) is 3.90. The van der Waals surface area contributed by atoms with Crippen molar-refractivity contribution < 1.29 is 0 Å². The normalized spacial score (nSPS) is 12.3. The molecule has 2 aromatic rings. The van der Waals surface area contributed by atoms with Gasteiger partial charge in [0.05, 0.1) is 17.1 Å². The average molecular weight is 242 g/mol. The van der Waals surface area contributed by atoms with E-state index in [0.29, 0.717) is 0 Å². The number of hydrogen-bond donors (Lipinski definition) is 2. The molecule has 2 nitrogen and oxygen atoms in total. The zero-order valence-corrected chi connectivity index (χ0v) is 10.5. The Bertz CT molecular complexity index is 552. The predicted octanol–water partition coefficient (Wildman–Crippen LogP) is 4.33. The van der Waals surface area contributed by atoms with Gasteiger partial charge in [-0.2, -0.15) is 0 Å². The Morgan fingerprint density at radius 1 is 1.06 bits per heavy atom. The fourth-order valence-corrected chi connectivity index (χ4v) is 3.02. The van der Waals surface area contributed by atoms with Crippen LogP contribution in [0.25, 0.3) is 0 Å². The van der Waals surface area contributed by atoms with Gasteiger partial charge in [-0.1, -0.05) is 30.0 Å². The van der Waals surface area contributed by atoms with Crippen LogP contribution in [-0.2, 0) is 0 Å². The van der Waals surface area contributed by atoms with Crippen molar-refractivity contribution >= 4 is 28.8 Å². The minimum Gasteiger partial charge on any atom is -0.384 e. The molecule has 0 saturated heterocycles. The Kier molecular flexibility index (Phi) is 2.69. The van der Waals surface area contributed by atoms with E-state index in [2.05, 4.69) is 60.0 Å². The molecule has 2 N–H and O–H groups in total. The van der Waals surface area contributed by atoms with Crippen LogP contribution in [-0.4, -0.2) is 6.54 Å². The highest BCUT2D eigenvalue weighted by Crippen LogP contribution is 2.46. The molecule has 3 heteroatoms. The smallest absolute Gasteiger partial charge is 0.0761 e. The summed E-state index contributed by atoms with van der Waals surface area (Å²) >= 11 is 1.82. The first-order valence-electron chi connectivity index (χ1n) is 5.79. The van der Waals surface area contributed by atoms with E-state index in [-0.39, 0.29) is 0 Å². The summed E-state index contributed by atoms with van der Waals surface area (Å²) in [5, 5.41) is 6.90. The van der Waals surface area contributed by atoms with Gasteiger partial charge in [0.15, 0.2) is 0 Å². The topological polar surface area (TPSA) is 24.1 Å². The second-order valence-corrected chi connectivity index (χ2v) is 5.02. The number of para-hydroxylation sites is 2. The van der Waals surface area contributed by atoms with E-state index >= 15 is 0 Å². The van der Waals surface area contributed by atoms with Crippen LogP contribution in [0, 0.1) is 0 Å². The molecular formula is C14H14N2S. The number of hydrogen-bond acceptors (Lipinski definition) is 3. The lowest BCUT2D eigenvalue weighted by Gasteiger charge is -2.23. The molecule has 17 heavy (non-hydrogen) atoms. The van der Waals surface area contributed by atoms with Gasteiger partial charge in [-0.25, -0.2) is 0 Å². The Morgan fingerprint density at radius 3 is 2.76 bits per heavy atom. The van der Waals surface area contributed by atoms with Crippen LogP contribution in [0.3, 0.4) is 0 Å². The maximum atomic E-state index is 3.51. The van der Waals surface area contributed by atoms with E-state index < -0.39 is 0 Å². The Morgan fingerprint density at radius 2 is 1.88 bits per heavy atom. The third-order valence-electron chi connectivity index (χ3n) is 2.76. The molecule has 0 fully saturated rings. The molecule has 0 radical (unpaired) electrons. The summed E-state index contributed by atoms with van der Waals surface area (Å²) in [7, 11) is 0. The van der Waals surface area contributed by atoms with Crippen molar-refractivity contribution in [3.63, 3.8) is 0 Å². The Balaban J connectivity index is 2.05. The Hall–Kier alpha value is -1.61. The highest BCUT2D eigenvalue weighted by Gasteiger charge is 2.17. The summed E-state index contributed by atoms with van der Waals surface area (Å²) in [6, 6.07) is 14.8. The van der Waals surface area contributed by atoms with Gasteiger partial charge >= 0.3 is 0 Å². The molecular weight excluding hydrogens is 228 g/mol. The molecule has 0 atom stereocenters. The number of benzene rings is 2. The van der Waals surface area contributed by atoms with E-state index in [0.717, 1.165) is 6.54 Å². The lowest BCUT2D eigenvalue weighted by molar-refractivity contribution is 1.20. The van der Waals surface area contributed by atoms with Gasteiger partial charge in [-0.05, 0) is 31.2 Å². The fraction of sp³-hybridized carbons (Fsp3) is 0.143. The van der Waals surface area contributed by atoms with E-state index in [9.17, 15) is 0 Å². The lowest BCUT2D eigenvalue weighted by atomic mass is 10.2. The van der Waals surface area contributed by atoms with Crippen molar-refractivity contribution in [2.24, 2.45) is 0 Å². The standard InChI is InChI=1S/C14H14N2S/c1-2-15-11-7-5-9-13-14(11)16-10-6-3-4-8-12(10)17-13/h3-9,15-16H,2H2,1H3. The number of fused-ring (bicyclic) bond motifs is 2. The van der Waals surface area contributed by atoms with Crippen LogP contribution in [0.5, 0.6) is 0 Å². The van der Waals surface area contributed by atoms with Crippen molar-refractivity contribution in [1.29, 1.82) is 0 Å². The number of nitrogens with one attached hydrogen (secondary N) is 2. The molecule has 1 aliphatic rings. The second kappa shape index (κ2) is 4.34. The van der Waals surface area contributed by atoms with Crippen molar-refractivity contribution in [2.45, 2.75) is 16.7 Å². The van der Waals surface area contributed by atoms with E-state index in [4.69, 9.17) is 0 Å². The summed E-state index contributed by atoms with van der Waals surface area (Å²) in [5.74, 6) is 0. The summed E-state index contributed by atoms with van der Waals surface area (Å²) in [5.41, 5.74) is 3.56. The van der Waals surface area contributed by atoms with Gasteiger partial charge in [-0.3, -0.25) is 0 Å². The highest BCUT2D eigenvalue weighted by molar-refractivity contribution is 7.99. The first-order valence-corrected chi connectivity index (χ1v) is 6.61. The van der Waals surface area contributed by atoms with Gasteiger partial charge in [0, 0.05) is 16.3 Å². The summed E-state index contributed by atoms with van der Waals surface area (Å²) in [6.07, 6.45) is 0. The zero-order valence-electron chi connectivity index (χ0n) is 9.66. The van der Waals surface area contributed by atoms with Crippen molar-refractivity contribution in [3.8, 4) is 0 Å². The minimum atomic E-state index is 0.935. The highest BCUT2D eigenvalue weighted by atomic mass is 32.2. The van der Waals surface area contributed by atoms with Gasteiger partial charge in [0.2, 0.25) is 0 Å². The monoisotopic (exact) mass is 242 g/mol. The van der Waals surface area contributed by atoms with Gasteiger partial charge < -0.3 is 10.6 Å². The lowest BCUT2D eigenvalue weighted by Crippen LogP contribution is -2.05. The molecule has 0 aliphatic carbocycles. The van der Waals surface area contributed by atoms with E-state index in [1.165, 1.54) is 26.9 Å². The summed E-state index contributed by atoms with van der Waals surface area (Å²) in [4.78, 5) is 2.57. The first kappa shape index (κ1) is 10.5. The van der Waals surface area contributed by atoms with Crippen LogP contribution in [0.15, 0.2) is 52.3 Å². The first-order chi connectivity index (χ1) is 8.38. The van der Waals surface area contributed by atoms with Gasteiger partial charge in [0.1, 0.15) is 0 Å². The molecule has 1 heterocycles. The van der Waals surface area contributed by atoms with Crippen LogP contribution >= 0.6 is 11.8 Å². The molecule has 2 aromatic carbocycles. The van der Waals surface area contributed by atoms with Crippen LogP contribution in [0.2, 0.25) is 0 Å². The van der Waals surface area contributed by atoms with Gasteiger partial charge in [0.25, 0.3) is 0 Å². The largest absolute Gasteiger partial charge is 0.384 e. The fourth-order valence-electron chi connectivity index (χ4n) is 1.99. The second-order valence-electron chi connectivity index (χ2n) is 3.93. The predicted molar refractivity (Wildman–Crippen MR) is 74.5 cm³/mol.